The molecule has 1 aromatic heterocycles. The number of amides is 1. The number of carbonyl (C=O) groups excluding carboxylic acids is 1. The standard InChI is InChI=1S/C14H19N3O2S/c1-3-4-5-6-12(18)16-14-17-13-10(19-2)7-9(15)8-11(13)20-14/h7-8H,3-6,15H2,1-2H3,(H,16,17,18). The van der Waals surface area contributed by atoms with E-state index in [2.05, 4.69) is 17.2 Å². The van der Waals surface area contributed by atoms with Crippen molar-refractivity contribution in [1.29, 1.82) is 0 Å². The monoisotopic (exact) mass is 293 g/mol. The molecule has 0 aliphatic heterocycles. The number of fused-ring (bicyclic) bond motifs is 1. The van der Waals surface area contributed by atoms with E-state index in [1.807, 2.05) is 6.07 Å². The van der Waals surface area contributed by atoms with E-state index >= 15 is 0 Å². The minimum absolute atomic E-state index is 0.00412. The number of nitrogen functional groups attached to an aromatic ring is 1. The molecule has 2 rings (SSSR count). The highest BCUT2D eigenvalue weighted by Gasteiger charge is 2.12. The van der Waals surface area contributed by atoms with E-state index in [0.29, 0.717) is 23.0 Å². The molecule has 20 heavy (non-hydrogen) atoms. The van der Waals surface area contributed by atoms with Crippen LogP contribution in [0.2, 0.25) is 0 Å². The van der Waals surface area contributed by atoms with Crippen LogP contribution in [0.5, 0.6) is 5.75 Å². The van der Waals surface area contributed by atoms with Crippen molar-refractivity contribution in [3.63, 3.8) is 0 Å². The lowest BCUT2D eigenvalue weighted by Crippen LogP contribution is -2.10. The zero-order valence-corrected chi connectivity index (χ0v) is 12.5. The average molecular weight is 293 g/mol. The predicted octanol–water partition coefficient (Wildman–Crippen LogP) is 3.41. The SMILES string of the molecule is CCCCCC(=O)Nc1nc2c(OC)cc(N)cc2s1. The molecule has 0 saturated heterocycles. The van der Waals surface area contributed by atoms with Crippen molar-refractivity contribution in [3.05, 3.63) is 12.1 Å². The van der Waals surface area contributed by atoms with E-state index in [9.17, 15) is 4.79 Å². The average Bonchev–Trinajstić information content (AvgIpc) is 2.80. The van der Waals surface area contributed by atoms with Crippen LogP contribution in [0.3, 0.4) is 0 Å². The lowest BCUT2D eigenvalue weighted by Gasteiger charge is -2.01. The first-order valence-corrected chi connectivity index (χ1v) is 7.49. The third kappa shape index (κ3) is 3.39. The Kier molecular flexibility index (Phi) is 4.79. The summed E-state index contributed by atoms with van der Waals surface area (Å²) < 4.78 is 6.17. The van der Waals surface area contributed by atoms with Crippen molar-refractivity contribution in [2.45, 2.75) is 32.6 Å². The van der Waals surface area contributed by atoms with Crippen LogP contribution in [-0.4, -0.2) is 18.0 Å². The number of anilines is 2. The summed E-state index contributed by atoms with van der Waals surface area (Å²) in [4.78, 5) is 16.2. The first kappa shape index (κ1) is 14.6. The van der Waals surface area contributed by atoms with Gasteiger partial charge in [0.1, 0.15) is 11.3 Å². The summed E-state index contributed by atoms with van der Waals surface area (Å²) in [6.07, 6.45) is 3.61. The number of thiazole rings is 1. The van der Waals surface area contributed by atoms with Crippen LogP contribution in [0.25, 0.3) is 10.2 Å². The van der Waals surface area contributed by atoms with Gasteiger partial charge in [0.2, 0.25) is 5.91 Å². The van der Waals surface area contributed by atoms with Gasteiger partial charge in [0.05, 0.1) is 11.8 Å². The molecule has 108 valence electrons. The smallest absolute Gasteiger partial charge is 0.226 e. The van der Waals surface area contributed by atoms with Gasteiger partial charge in [-0.2, -0.15) is 0 Å². The highest BCUT2D eigenvalue weighted by Crippen LogP contribution is 2.34. The predicted molar refractivity (Wildman–Crippen MR) is 83.4 cm³/mol. The summed E-state index contributed by atoms with van der Waals surface area (Å²) in [5.41, 5.74) is 7.16. The fraction of sp³-hybridized carbons (Fsp3) is 0.429. The molecule has 5 nitrogen and oxygen atoms in total. The van der Waals surface area contributed by atoms with E-state index in [4.69, 9.17) is 10.5 Å². The Hall–Kier alpha value is -1.82. The number of benzene rings is 1. The number of nitrogens with two attached hydrogens (primary N) is 1. The van der Waals surface area contributed by atoms with Crippen LogP contribution in [0.4, 0.5) is 10.8 Å². The fourth-order valence-corrected chi connectivity index (χ4v) is 2.89. The summed E-state index contributed by atoms with van der Waals surface area (Å²) in [5, 5.41) is 3.42. The van der Waals surface area contributed by atoms with Gasteiger partial charge in [0.25, 0.3) is 0 Å². The minimum Gasteiger partial charge on any atom is -0.494 e. The van der Waals surface area contributed by atoms with Crippen molar-refractivity contribution in [3.8, 4) is 5.75 Å². The summed E-state index contributed by atoms with van der Waals surface area (Å²) >= 11 is 1.41. The molecule has 1 aromatic carbocycles. The highest BCUT2D eigenvalue weighted by atomic mass is 32.1. The summed E-state index contributed by atoms with van der Waals surface area (Å²) in [7, 11) is 1.58. The summed E-state index contributed by atoms with van der Waals surface area (Å²) in [5.74, 6) is 0.632. The fourth-order valence-electron chi connectivity index (χ4n) is 1.95. The molecule has 0 fully saturated rings. The Morgan fingerprint density at radius 1 is 1.45 bits per heavy atom. The molecule has 0 bridgehead atoms. The van der Waals surface area contributed by atoms with E-state index in [1.165, 1.54) is 11.3 Å². The first-order chi connectivity index (χ1) is 9.63. The lowest BCUT2D eigenvalue weighted by atomic mass is 10.2. The lowest BCUT2D eigenvalue weighted by molar-refractivity contribution is -0.116. The molecule has 0 radical (unpaired) electrons. The van der Waals surface area contributed by atoms with Gasteiger partial charge in [-0.05, 0) is 12.5 Å². The van der Waals surface area contributed by atoms with Gasteiger partial charge < -0.3 is 15.8 Å². The largest absolute Gasteiger partial charge is 0.494 e. The Balaban J connectivity index is 2.13. The zero-order chi connectivity index (χ0) is 14.5. The van der Waals surface area contributed by atoms with Crippen LogP contribution in [0.1, 0.15) is 32.6 Å². The molecule has 0 unspecified atom stereocenters. The molecule has 0 atom stereocenters. The molecule has 1 heterocycles. The number of nitrogens with one attached hydrogen (secondary N) is 1. The normalized spacial score (nSPS) is 10.7. The quantitative estimate of drug-likeness (QED) is 0.632. The number of rotatable bonds is 6. The second kappa shape index (κ2) is 6.56. The van der Waals surface area contributed by atoms with E-state index < -0.39 is 0 Å². The molecule has 0 aliphatic carbocycles. The third-order valence-corrected chi connectivity index (χ3v) is 3.87. The Morgan fingerprint density at radius 2 is 2.25 bits per heavy atom. The van der Waals surface area contributed by atoms with Gasteiger partial charge in [0.15, 0.2) is 5.13 Å². The number of hydrogen-bond acceptors (Lipinski definition) is 5. The highest BCUT2D eigenvalue weighted by molar-refractivity contribution is 7.22. The van der Waals surface area contributed by atoms with Crippen LogP contribution in [-0.2, 0) is 4.79 Å². The van der Waals surface area contributed by atoms with Gasteiger partial charge in [0, 0.05) is 18.2 Å². The molecular weight excluding hydrogens is 274 g/mol. The van der Waals surface area contributed by atoms with Crippen molar-refractivity contribution < 1.29 is 9.53 Å². The van der Waals surface area contributed by atoms with E-state index in [-0.39, 0.29) is 5.91 Å². The second-order valence-corrected chi connectivity index (χ2v) is 5.62. The molecule has 1 amide bonds. The van der Waals surface area contributed by atoms with Gasteiger partial charge in [-0.1, -0.05) is 31.1 Å². The number of methoxy groups -OCH3 is 1. The van der Waals surface area contributed by atoms with Crippen LogP contribution >= 0.6 is 11.3 Å². The van der Waals surface area contributed by atoms with Crippen LogP contribution < -0.4 is 15.8 Å². The number of unbranched alkanes of at least 4 members (excludes halogenated alkanes) is 2. The number of aromatic nitrogens is 1. The Bertz CT molecular complexity index is 610. The maximum Gasteiger partial charge on any atom is 0.226 e. The molecule has 2 aromatic rings. The molecule has 0 aliphatic rings. The number of carbonyl (C=O) groups is 1. The third-order valence-electron chi connectivity index (χ3n) is 2.96. The topological polar surface area (TPSA) is 77.2 Å². The molecule has 6 heteroatoms. The number of ether oxygens (including phenoxy) is 1. The van der Waals surface area contributed by atoms with E-state index in [0.717, 1.165) is 29.5 Å². The minimum atomic E-state index is 0.00412. The first-order valence-electron chi connectivity index (χ1n) is 6.68. The van der Waals surface area contributed by atoms with Gasteiger partial charge in [-0.25, -0.2) is 4.98 Å². The molecular formula is C14H19N3O2S. The zero-order valence-electron chi connectivity index (χ0n) is 11.7. The maximum absolute atomic E-state index is 11.8. The molecule has 3 N–H and O–H groups in total. The van der Waals surface area contributed by atoms with E-state index in [1.54, 1.807) is 13.2 Å². The Morgan fingerprint density at radius 3 is 2.95 bits per heavy atom. The number of hydrogen-bond donors (Lipinski definition) is 2. The summed E-state index contributed by atoms with van der Waals surface area (Å²) in [6, 6.07) is 3.57. The van der Waals surface area contributed by atoms with Crippen LogP contribution in [0, 0.1) is 0 Å². The Labute approximate surface area is 122 Å². The second-order valence-electron chi connectivity index (χ2n) is 4.59. The van der Waals surface area contributed by atoms with Gasteiger partial charge in [-0.15, -0.1) is 0 Å². The van der Waals surface area contributed by atoms with Crippen molar-refractivity contribution in [2.24, 2.45) is 0 Å². The number of nitrogens with zero attached hydrogens (tertiary/aromatic N) is 1. The molecule has 0 spiro atoms. The maximum atomic E-state index is 11.8. The van der Waals surface area contributed by atoms with Crippen molar-refractivity contribution >= 4 is 38.3 Å². The van der Waals surface area contributed by atoms with Gasteiger partial charge in [-0.3, -0.25) is 4.79 Å². The van der Waals surface area contributed by atoms with Crippen molar-refractivity contribution in [2.75, 3.05) is 18.2 Å². The van der Waals surface area contributed by atoms with Gasteiger partial charge >= 0.3 is 0 Å². The van der Waals surface area contributed by atoms with Crippen molar-refractivity contribution in [1.82, 2.24) is 4.98 Å². The summed E-state index contributed by atoms with van der Waals surface area (Å²) in [6.45, 7) is 2.11. The van der Waals surface area contributed by atoms with Crippen LogP contribution in [0.15, 0.2) is 12.1 Å². The molecule has 0 saturated carbocycles.